The van der Waals surface area contributed by atoms with Gasteiger partial charge in [0, 0.05) is 19.4 Å². The monoisotopic (exact) mass is 398 g/mol. The Bertz CT molecular complexity index is 880. The summed E-state index contributed by atoms with van der Waals surface area (Å²) in [5.41, 5.74) is 0.864. The molecule has 29 heavy (non-hydrogen) atoms. The molecule has 3 unspecified atom stereocenters. The molecule has 154 valence electrons. The zero-order chi connectivity index (χ0) is 20.4. The molecule has 4 atom stereocenters. The summed E-state index contributed by atoms with van der Waals surface area (Å²) in [7, 11) is 1.12. The molecule has 2 aliphatic carbocycles. The smallest absolute Gasteiger partial charge is 0.486 e. The van der Waals surface area contributed by atoms with E-state index in [1.165, 1.54) is 26.4 Å². The number of methoxy groups -OCH3 is 1. The van der Waals surface area contributed by atoms with E-state index < -0.39 is 18.9 Å². The highest BCUT2D eigenvalue weighted by atomic mass is 16.7. The van der Waals surface area contributed by atoms with Crippen molar-refractivity contribution in [3.05, 3.63) is 29.2 Å². The van der Waals surface area contributed by atoms with Gasteiger partial charge in [0.1, 0.15) is 17.1 Å². The molecule has 0 spiro atoms. The molecule has 0 aromatic heterocycles. The molecule has 5 rings (SSSR count). The van der Waals surface area contributed by atoms with E-state index in [2.05, 4.69) is 6.92 Å². The summed E-state index contributed by atoms with van der Waals surface area (Å²) in [6.45, 7) is 5.63. The van der Waals surface area contributed by atoms with Crippen molar-refractivity contribution in [1.82, 2.24) is 0 Å². The first-order valence-electron chi connectivity index (χ1n) is 10.4. The minimum atomic E-state index is -1.04. The average Bonchev–Trinajstić information content (AvgIpc) is 3.23. The van der Waals surface area contributed by atoms with E-state index in [0.29, 0.717) is 23.0 Å². The van der Waals surface area contributed by atoms with E-state index in [-0.39, 0.29) is 11.7 Å². The molecule has 1 aromatic carbocycles. The number of hydrogen-bond acceptors (Lipinski definition) is 6. The highest BCUT2D eigenvalue weighted by Gasteiger charge is 2.57. The van der Waals surface area contributed by atoms with Gasteiger partial charge in [-0.25, -0.2) is 4.79 Å². The predicted molar refractivity (Wildman–Crippen MR) is 108 cm³/mol. The standard InChI is InChI=1S/C22H27BO6/c1-21(2)26-19-14(6-8-16(25-4)18(19)20(24)27-21)9-10-23-28-17-12-13-5-7-15(11-13)22(17,3)29-23/h6,8-10,13,15,17H,5,7,11-12H2,1-4H3/b10-9-/t13?,15?,17?,22-/m1/s1. The topological polar surface area (TPSA) is 63.2 Å². The molecule has 0 radical (unpaired) electrons. The van der Waals surface area contributed by atoms with Gasteiger partial charge < -0.3 is 23.5 Å². The number of rotatable bonds is 3. The van der Waals surface area contributed by atoms with Gasteiger partial charge in [0.2, 0.25) is 5.79 Å². The SMILES string of the molecule is COc1ccc(/C=C\B2OC3CC4CCC(C4)[C@@]3(C)O2)c2c1C(=O)OC(C)(C)O2. The van der Waals surface area contributed by atoms with Crippen LogP contribution in [-0.4, -0.2) is 37.7 Å². The van der Waals surface area contributed by atoms with Crippen molar-refractivity contribution in [2.75, 3.05) is 7.11 Å². The number of cyclic esters (lactones) is 1. The highest BCUT2D eigenvalue weighted by molar-refractivity contribution is 6.52. The maximum Gasteiger partial charge on any atom is 0.486 e. The zero-order valence-electron chi connectivity index (χ0n) is 17.4. The first kappa shape index (κ1) is 19.0. The van der Waals surface area contributed by atoms with Crippen LogP contribution in [0.1, 0.15) is 62.4 Å². The Labute approximate surface area is 171 Å². The van der Waals surface area contributed by atoms with Crippen LogP contribution in [0.25, 0.3) is 6.08 Å². The molecule has 7 heteroatoms. The quantitative estimate of drug-likeness (QED) is 0.566. The van der Waals surface area contributed by atoms with Crippen molar-refractivity contribution in [2.24, 2.45) is 11.8 Å². The molecule has 2 saturated carbocycles. The summed E-state index contributed by atoms with van der Waals surface area (Å²) in [5.74, 6) is 2.67. The molecule has 1 saturated heterocycles. The lowest BCUT2D eigenvalue weighted by molar-refractivity contribution is -0.127. The van der Waals surface area contributed by atoms with Crippen molar-refractivity contribution < 1.29 is 28.3 Å². The summed E-state index contributed by atoms with van der Waals surface area (Å²) in [5, 5.41) is 0. The Hall–Kier alpha value is -1.99. The maximum absolute atomic E-state index is 12.5. The summed E-state index contributed by atoms with van der Waals surface area (Å²) in [4.78, 5) is 12.5. The molecular formula is C22H27BO6. The second-order valence-corrected chi connectivity index (χ2v) is 9.22. The number of carbonyl (C=O) groups excluding carboxylic acids is 1. The average molecular weight is 398 g/mol. The van der Waals surface area contributed by atoms with E-state index in [1.54, 1.807) is 19.9 Å². The zero-order valence-corrected chi connectivity index (χ0v) is 17.4. The summed E-state index contributed by atoms with van der Waals surface area (Å²) < 4.78 is 29.3. The lowest BCUT2D eigenvalue weighted by Gasteiger charge is -2.40. The Balaban J connectivity index is 1.42. The van der Waals surface area contributed by atoms with Crippen LogP contribution in [0, 0.1) is 11.8 Å². The first-order valence-corrected chi connectivity index (χ1v) is 10.4. The molecule has 2 heterocycles. The molecule has 0 amide bonds. The van der Waals surface area contributed by atoms with Crippen LogP contribution in [0.2, 0.25) is 0 Å². The van der Waals surface area contributed by atoms with E-state index in [4.69, 9.17) is 23.5 Å². The minimum absolute atomic E-state index is 0.151. The fourth-order valence-corrected chi connectivity index (χ4v) is 5.41. The highest BCUT2D eigenvalue weighted by Crippen LogP contribution is 2.53. The molecule has 3 fully saturated rings. The van der Waals surface area contributed by atoms with Crippen LogP contribution < -0.4 is 9.47 Å². The van der Waals surface area contributed by atoms with Gasteiger partial charge in [0.05, 0.1) is 18.8 Å². The first-order chi connectivity index (χ1) is 13.8. The second-order valence-electron chi connectivity index (χ2n) is 9.22. The van der Waals surface area contributed by atoms with Crippen molar-refractivity contribution in [3.8, 4) is 11.5 Å². The molecule has 6 nitrogen and oxygen atoms in total. The van der Waals surface area contributed by atoms with Crippen LogP contribution in [-0.2, 0) is 14.0 Å². The van der Waals surface area contributed by atoms with Gasteiger partial charge in [0.25, 0.3) is 0 Å². The number of carbonyl (C=O) groups is 1. The van der Waals surface area contributed by atoms with Crippen LogP contribution in [0.5, 0.6) is 11.5 Å². The minimum Gasteiger partial charge on any atom is -0.496 e. The Morgan fingerprint density at radius 3 is 2.79 bits per heavy atom. The van der Waals surface area contributed by atoms with Gasteiger partial charge in [-0.1, -0.05) is 12.1 Å². The van der Waals surface area contributed by atoms with Gasteiger partial charge in [-0.2, -0.15) is 0 Å². The van der Waals surface area contributed by atoms with Gasteiger partial charge in [-0.05, 0) is 56.6 Å². The molecule has 2 bridgehead atoms. The molecule has 0 N–H and O–H groups in total. The van der Waals surface area contributed by atoms with Gasteiger partial charge in [-0.3, -0.25) is 0 Å². The van der Waals surface area contributed by atoms with E-state index in [9.17, 15) is 4.79 Å². The van der Waals surface area contributed by atoms with Crippen molar-refractivity contribution in [2.45, 2.75) is 63.9 Å². The summed E-state index contributed by atoms with van der Waals surface area (Å²) in [6, 6.07) is 3.62. The molecule has 1 aromatic rings. The predicted octanol–water partition coefficient (Wildman–Crippen LogP) is 4.02. The number of benzene rings is 1. The van der Waals surface area contributed by atoms with E-state index in [1.807, 2.05) is 18.1 Å². The Morgan fingerprint density at radius 1 is 1.17 bits per heavy atom. The third-order valence-electron chi connectivity index (χ3n) is 6.90. The Morgan fingerprint density at radius 2 is 2.00 bits per heavy atom. The van der Waals surface area contributed by atoms with E-state index >= 15 is 0 Å². The largest absolute Gasteiger partial charge is 0.496 e. The second kappa shape index (κ2) is 6.51. The molecule has 4 aliphatic rings. The lowest BCUT2D eigenvalue weighted by atomic mass is 9.75. The summed E-state index contributed by atoms with van der Waals surface area (Å²) in [6.07, 6.45) is 6.91. The number of ether oxygens (including phenoxy) is 3. The van der Waals surface area contributed by atoms with Crippen molar-refractivity contribution in [3.63, 3.8) is 0 Å². The molecular weight excluding hydrogens is 371 g/mol. The number of hydrogen-bond donors (Lipinski definition) is 0. The third kappa shape index (κ3) is 3.06. The number of fused-ring (bicyclic) bond motifs is 5. The van der Waals surface area contributed by atoms with Gasteiger partial charge in [-0.15, -0.1) is 0 Å². The third-order valence-corrected chi connectivity index (χ3v) is 6.90. The van der Waals surface area contributed by atoms with Crippen LogP contribution >= 0.6 is 0 Å². The lowest BCUT2D eigenvalue weighted by Crippen LogP contribution is -2.46. The van der Waals surface area contributed by atoms with Gasteiger partial charge in [0.15, 0.2) is 0 Å². The fraction of sp³-hybridized carbons (Fsp3) is 0.591. The van der Waals surface area contributed by atoms with Crippen LogP contribution in [0.15, 0.2) is 18.1 Å². The summed E-state index contributed by atoms with van der Waals surface area (Å²) >= 11 is 0. The van der Waals surface area contributed by atoms with Gasteiger partial charge >= 0.3 is 13.1 Å². The molecule has 2 aliphatic heterocycles. The maximum atomic E-state index is 12.5. The van der Waals surface area contributed by atoms with Crippen LogP contribution in [0.4, 0.5) is 0 Å². The fourth-order valence-electron chi connectivity index (χ4n) is 5.41. The van der Waals surface area contributed by atoms with E-state index in [0.717, 1.165) is 17.9 Å². The number of esters is 1. The normalized spacial score (nSPS) is 34.6. The van der Waals surface area contributed by atoms with Crippen LogP contribution in [0.3, 0.4) is 0 Å². The van der Waals surface area contributed by atoms with Crippen molar-refractivity contribution in [1.29, 1.82) is 0 Å². The van der Waals surface area contributed by atoms with Crippen molar-refractivity contribution >= 4 is 19.2 Å². The Kier molecular flexibility index (Phi) is 4.27.